The average Bonchev–Trinajstić information content (AvgIpc) is 3.58. The Hall–Kier alpha value is -2.12. The molecule has 11 heteroatoms. The number of ether oxygens (including phenoxy) is 6. The molecule has 1 saturated heterocycles. The fraction of sp³-hybridized carbons (Fsp3) is 0.822. The van der Waals surface area contributed by atoms with Gasteiger partial charge in [-0.15, -0.1) is 0 Å². The van der Waals surface area contributed by atoms with Crippen molar-refractivity contribution in [3.05, 3.63) is 35.9 Å². The number of esters is 2. The maximum absolute atomic E-state index is 14.4. The summed E-state index contributed by atoms with van der Waals surface area (Å²) in [6, 6.07) is 8.66. The van der Waals surface area contributed by atoms with Gasteiger partial charge in [0.25, 0.3) is 0 Å². The fourth-order valence-corrected chi connectivity index (χ4v) is 14.0. The number of piperidine rings is 1. The summed E-state index contributed by atoms with van der Waals surface area (Å²) in [6.07, 6.45) is 10.7. The van der Waals surface area contributed by atoms with Crippen molar-refractivity contribution in [2.24, 2.45) is 34.5 Å². The molecular formula is C45H69NO10. The highest BCUT2D eigenvalue weighted by Gasteiger charge is 2.90. The van der Waals surface area contributed by atoms with Gasteiger partial charge in [0.15, 0.2) is 0 Å². The van der Waals surface area contributed by atoms with Gasteiger partial charge in [-0.3, -0.25) is 4.79 Å². The summed E-state index contributed by atoms with van der Waals surface area (Å²) in [5.41, 5.74) is -3.77. The zero-order valence-corrected chi connectivity index (χ0v) is 34.8. The Bertz CT molecular complexity index is 1510. The van der Waals surface area contributed by atoms with Gasteiger partial charge in [-0.2, -0.15) is 0 Å². The maximum atomic E-state index is 14.4. The minimum absolute atomic E-state index is 0.181. The van der Waals surface area contributed by atoms with Gasteiger partial charge in [0, 0.05) is 88.9 Å². The number of nitrogens with zero attached hydrogens (tertiary/aromatic N) is 1. The number of aliphatic hydroxyl groups excluding tert-OH is 1. The predicted molar refractivity (Wildman–Crippen MR) is 210 cm³/mol. The molecule has 7 bridgehead atoms. The van der Waals surface area contributed by atoms with Crippen molar-refractivity contribution in [1.82, 2.24) is 4.90 Å². The molecule has 6 fully saturated rings. The Balaban J connectivity index is 1.25. The van der Waals surface area contributed by atoms with Crippen molar-refractivity contribution < 1.29 is 48.2 Å². The number of carbonyl (C=O) groups excluding carboxylic acids is 2. The first-order valence-corrected chi connectivity index (χ1v) is 21.7. The van der Waals surface area contributed by atoms with E-state index in [1.165, 1.54) is 51.4 Å². The second-order valence-electron chi connectivity index (χ2n) is 18.4. The van der Waals surface area contributed by atoms with Crippen LogP contribution in [0.1, 0.15) is 114 Å². The number of fused-ring (bicyclic) bond motifs is 2. The van der Waals surface area contributed by atoms with Crippen LogP contribution in [-0.2, 0) is 33.2 Å². The van der Waals surface area contributed by atoms with E-state index >= 15 is 0 Å². The number of hydrogen-bond donors (Lipinski definition) is 2. The van der Waals surface area contributed by atoms with Gasteiger partial charge in [0.1, 0.15) is 17.3 Å². The van der Waals surface area contributed by atoms with Gasteiger partial charge in [-0.1, -0.05) is 89.3 Å². The van der Waals surface area contributed by atoms with Crippen molar-refractivity contribution in [3.8, 4) is 0 Å². The molecule has 5 aliphatic carbocycles. The Kier molecular flexibility index (Phi) is 12.7. The van der Waals surface area contributed by atoms with Crippen LogP contribution in [0.25, 0.3) is 0 Å². The van der Waals surface area contributed by atoms with E-state index < -0.39 is 70.4 Å². The molecule has 1 heterocycles. The normalized spacial score (nSPS) is 41.8. The first-order chi connectivity index (χ1) is 27.0. The number of unbranched alkanes of at least 4 members (excludes halogenated alkanes) is 10. The minimum atomic E-state index is -1.56. The van der Waals surface area contributed by atoms with Crippen molar-refractivity contribution in [1.29, 1.82) is 0 Å². The smallest absolute Gasteiger partial charge is 0.338 e. The quantitative estimate of drug-likeness (QED) is 0.120. The van der Waals surface area contributed by atoms with E-state index in [0.717, 1.165) is 19.3 Å². The zero-order valence-electron chi connectivity index (χ0n) is 34.8. The van der Waals surface area contributed by atoms with Crippen LogP contribution in [0.3, 0.4) is 0 Å². The van der Waals surface area contributed by atoms with Crippen molar-refractivity contribution >= 4 is 11.9 Å². The van der Waals surface area contributed by atoms with E-state index in [0.29, 0.717) is 25.1 Å². The lowest BCUT2D eigenvalue weighted by molar-refractivity contribution is -0.298. The molecule has 0 radical (unpaired) electrons. The first-order valence-electron chi connectivity index (χ1n) is 21.7. The molecule has 0 aromatic heterocycles. The molecule has 11 nitrogen and oxygen atoms in total. The second kappa shape index (κ2) is 16.9. The number of carbonyl (C=O) groups is 2. The molecule has 7 rings (SSSR count). The third kappa shape index (κ3) is 6.40. The van der Waals surface area contributed by atoms with Crippen LogP contribution in [0.2, 0.25) is 0 Å². The topological polar surface area (TPSA) is 133 Å². The van der Waals surface area contributed by atoms with E-state index in [1.54, 1.807) is 52.7 Å². The third-order valence-corrected chi connectivity index (χ3v) is 15.8. The Morgan fingerprint density at radius 2 is 1.48 bits per heavy atom. The molecular weight excluding hydrogens is 714 g/mol. The molecule has 1 aromatic rings. The molecule has 2 N–H and O–H groups in total. The lowest BCUT2D eigenvalue weighted by atomic mass is 9.42. The lowest BCUT2D eigenvalue weighted by Gasteiger charge is -2.69. The van der Waals surface area contributed by atoms with Crippen LogP contribution in [0, 0.1) is 34.5 Å². The Labute approximate surface area is 334 Å². The van der Waals surface area contributed by atoms with Gasteiger partial charge < -0.3 is 43.5 Å². The highest BCUT2D eigenvalue weighted by Crippen LogP contribution is 2.80. The van der Waals surface area contributed by atoms with E-state index in [-0.39, 0.29) is 43.1 Å². The number of benzene rings is 1. The van der Waals surface area contributed by atoms with Gasteiger partial charge in [0.05, 0.1) is 36.6 Å². The van der Waals surface area contributed by atoms with E-state index in [1.807, 2.05) is 6.07 Å². The number of aliphatic hydroxyl groups is 2. The standard InChI is InChI=1S/C45H69NO10/c1-7-8-9-10-11-12-13-14-15-16-20-23-34(48)56-44-26-33(53-5)43(50)25-30(35(44)40(43)55-41(49)29-21-18-17-19-22-29)45-32(52-4)24-31(47)42(28-51-3)27-46(2)39(45)36(44)37(54-6)38(42)45/h17-19,21-22,30-33,35-40,47,50H,7-16,20,23-28H2,1-6H3/t30-,31-,32?,33+,35-,36+,37+,38-,39-,40-,42+,43-,44-,45+/m1/s1. The molecule has 1 aliphatic heterocycles. The van der Waals surface area contributed by atoms with Crippen molar-refractivity contribution in [3.63, 3.8) is 0 Å². The lowest BCUT2D eigenvalue weighted by Crippen LogP contribution is -2.78. The van der Waals surface area contributed by atoms with Crippen LogP contribution in [0.5, 0.6) is 0 Å². The monoisotopic (exact) mass is 783 g/mol. The summed E-state index contributed by atoms with van der Waals surface area (Å²) >= 11 is 0. The highest BCUT2D eigenvalue weighted by atomic mass is 16.6. The number of hydrogen-bond acceptors (Lipinski definition) is 11. The van der Waals surface area contributed by atoms with Crippen LogP contribution in [0.15, 0.2) is 30.3 Å². The fourth-order valence-electron chi connectivity index (χ4n) is 14.0. The molecule has 56 heavy (non-hydrogen) atoms. The van der Waals surface area contributed by atoms with Crippen LogP contribution in [-0.4, -0.2) is 123 Å². The molecule has 14 atom stereocenters. The predicted octanol–water partition coefficient (Wildman–Crippen LogP) is 5.97. The van der Waals surface area contributed by atoms with E-state index in [2.05, 4.69) is 18.9 Å². The van der Waals surface area contributed by atoms with Crippen molar-refractivity contribution in [2.75, 3.05) is 48.6 Å². The van der Waals surface area contributed by atoms with Crippen LogP contribution >= 0.6 is 0 Å². The minimum Gasteiger partial charge on any atom is -0.458 e. The average molecular weight is 784 g/mol. The summed E-state index contributed by atoms with van der Waals surface area (Å²) in [5.74, 6) is -2.39. The molecule has 0 amide bonds. The molecule has 314 valence electrons. The molecule has 6 aliphatic rings. The first kappa shape index (κ1) is 42.0. The maximum Gasteiger partial charge on any atom is 0.338 e. The summed E-state index contributed by atoms with van der Waals surface area (Å²) in [7, 11) is 8.77. The van der Waals surface area contributed by atoms with Crippen LogP contribution < -0.4 is 0 Å². The highest BCUT2D eigenvalue weighted by molar-refractivity contribution is 5.89. The molecule has 1 unspecified atom stereocenters. The largest absolute Gasteiger partial charge is 0.458 e. The molecule has 1 aromatic carbocycles. The molecule has 5 saturated carbocycles. The van der Waals surface area contributed by atoms with Gasteiger partial charge >= 0.3 is 11.9 Å². The van der Waals surface area contributed by atoms with E-state index in [4.69, 9.17) is 28.4 Å². The third-order valence-electron chi connectivity index (χ3n) is 15.8. The number of likely N-dealkylation sites (tertiary alicyclic amines) is 1. The molecule has 1 spiro atoms. The van der Waals surface area contributed by atoms with Crippen molar-refractivity contribution in [2.45, 2.75) is 151 Å². The van der Waals surface area contributed by atoms with Gasteiger partial charge in [0.2, 0.25) is 0 Å². The van der Waals surface area contributed by atoms with Gasteiger partial charge in [-0.25, -0.2) is 4.79 Å². The summed E-state index contributed by atoms with van der Waals surface area (Å²) in [6.45, 7) is 3.12. The number of methoxy groups -OCH3 is 4. The summed E-state index contributed by atoms with van der Waals surface area (Å²) in [5, 5.41) is 25.1. The van der Waals surface area contributed by atoms with Crippen LogP contribution in [0.4, 0.5) is 0 Å². The van der Waals surface area contributed by atoms with E-state index in [9.17, 15) is 19.8 Å². The Morgan fingerprint density at radius 3 is 2.09 bits per heavy atom. The SMILES string of the molecule is CCCCCCCCCCCCCC(=O)O[C@]12C[C@H](OC)[C@]3(O)C[C@H]([C@@H]1[C@H]3OC(=O)c1ccccc1)[C@@]13C(OC)C[C@@H](O)[C@@]4(COC)CN(C)[C@@H]1[C@@H]2[C@H](OC)[C@H]43. The zero-order chi connectivity index (χ0) is 39.9. The van der Waals surface area contributed by atoms with Gasteiger partial charge in [-0.05, 0) is 37.9 Å². The summed E-state index contributed by atoms with van der Waals surface area (Å²) < 4.78 is 38.9. The Morgan fingerprint density at radius 1 is 0.839 bits per heavy atom. The summed E-state index contributed by atoms with van der Waals surface area (Å²) in [4.78, 5) is 30.7. The number of rotatable bonds is 20. The second-order valence-corrected chi connectivity index (χ2v) is 18.4.